The smallest absolute Gasteiger partial charge is 0.257 e. The first-order chi connectivity index (χ1) is 12.6. The quantitative estimate of drug-likeness (QED) is 0.831. The van der Waals surface area contributed by atoms with E-state index in [2.05, 4.69) is 20.8 Å². The van der Waals surface area contributed by atoms with Crippen molar-refractivity contribution in [3.8, 4) is 11.5 Å². The van der Waals surface area contributed by atoms with Gasteiger partial charge >= 0.3 is 0 Å². The Labute approximate surface area is 165 Å². The van der Waals surface area contributed by atoms with Gasteiger partial charge in [0.25, 0.3) is 5.89 Å². The third kappa shape index (κ3) is 3.60. The normalized spacial score (nSPS) is 24.1. The fourth-order valence-corrected chi connectivity index (χ4v) is 4.34. The maximum atomic E-state index is 13.2. The van der Waals surface area contributed by atoms with Crippen molar-refractivity contribution in [1.29, 1.82) is 0 Å². The molecule has 1 aromatic carbocycles. The minimum atomic E-state index is -0.263. The Morgan fingerprint density at radius 2 is 2.26 bits per heavy atom. The van der Waals surface area contributed by atoms with Crippen molar-refractivity contribution < 1.29 is 9.32 Å². The zero-order chi connectivity index (χ0) is 18.1. The Morgan fingerprint density at radius 3 is 3.04 bits per heavy atom. The molecule has 2 aliphatic rings. The summed E-state index contributed by atoms with van der Waals surface area (Å²) >= 11 is 0. The molecule has 2 heterocycles. The first-order valence-corrected chi connectivity index (χ1v) is 9.58. The first-order valence-electron chi connectivity index (χ1n) is 9.58. The van der Waals surface area contributed by atoms with Crippen LogP contribution < -0.4 is 10.6 Å². The van der Waals surface area contributed by atoms with Gasteiger partial charge in [0, 0.05) is 24.2 Å². The molecule has 2 aromatic rings. The molecule has 0 spiro atoms. The van der Waals surface area contributed by atoms with Crippen LogP contribution in [0.3, 0.4) is 0 Å². The molecule has 2 atom stereocenters. The number of aromatic nitrogens is 2. The number of carbonyl (C=O) groups is 1. The van der Waals surface area contributed by atoms with Gasteiger partial charge in [0.05, 0.1) is 5.41 Å². The fraction of sp³-hybridized carbons (Fsp3) is 0.550. The van der Waals surface area contributed by atoms with Crippen LogP contribution in [0.15, 0.2) is 22.7 Å². The molecule has 0 bridgehead atoms. The number of hydrogen-bond acceptors (Lipinski definition) is 5. The van der Waals surface area contributed by atoms with Gasteiger partial charge in [-0.2, -0.15) is 4.98 Å². The van der Waals surface area contributed by atoms with Gasteiger partial charge in [-0.25, -0.2) is 0 Å². The third-order valence-electron chi connectivity index (χ3n) is 6.01. The van der Waals surface area contributed by atoms with E-state index in [1.54, 1.807) is 0 Å². The maximum Gasteiger partial charge on any atom is 0.257 e. The zero-order valence-corrected chi connectivity index (χ0v) is 16.7. The molecule has 0 radical (unpaired) electrons. The molecule has 2 N–H and O–H groups in total. The van der Waals surface area contributed by atoms with E-state index in [4.69, 9.17) is 4.52 Å². The summed E-state index contributed by atoms with van der Waals surface area (Å²) in [6, 6.07) is 5.89. The van der Waals surface area contributed by atoms with E-state index in [0.717, 1.165) is 55.6 Å². The van der Waals surface area contributed by atoms with Gasteiger partial charge < -0.3 is 15.2 Å². The van der Waals surface area contributed by atoms with Crippen LogP contribution in [0.4, 0.5) is 5.69 Å². The van der Waals surface area contributed by atoms with Gasteiger partial charge in [-0.3, -0.25) is 4.79 Å². The van der Waals surface area contributed by atoms with Crippen molar-refractivity contribution in [2.75, 3.05) is 18.4 Å². The summed E-state index contributed by atoms with van der Waals surface area (Å²) < 4.78 is 5.34. The second-order valence-electron chi connectivity index (χ2n) is 7.58. The maximum absolute atomic E-state index is 13.2. The van der Waals surface area contributed by atoms with Gasteiger partial charge in [-0.05, 0) is 49.9 Å². The Morgan fingerprint density at radius 1 is 1.41 bits per heavy atom. The highest BCUT2D eigenvalue weighted by Crippen LogP contribution is 2.44. The molecule has 0 unspecified atom stereocenters. The summed E-state index contributed by atoms with van der Waals surface area (Å²) in [5, 5.41) is 10.6. The van der Waals surface area contributed by atoms with Gasteiger partial charge in [-0.1, -0.05) is 31.0 Å². The van der Waals surface area contributed by atoms with E-state index in [0.29, 0.717) is 17.6 Å². The number of nitrogens with zero attached hydrogens (tertiary/aromatic N) is 2. The van der Waals surface area contributed by atoms with Crippen LogP contribution in [0.25, 0.3) is 11.5 Å². The van der Waals surface area contributed by atoms with Crippen molar-refractivity contribution in [3.63, 3.8) is 0 Å². The van der Waals surface area contributed by atoms with Crippen LogP contribution in [0.5, 0.6) is 0 Å². The number of halogens is 1. The molecule has 1 saturated carbocycles. The molecular weight excluding hydrogens is 364 g/mol. The summed E-state index contributed by atoms with van der Waals surface area (Å²) in [7, 11) is 0. The van der Waals surface area contributed by atoms with Gasteiger partial charge in [0.15, 0.2) is 5.82 Å². The van der Waals surface area contributed by atoms with Crippen LogP contribution >= 0.6 is 12.4 Å². The fourth-order valence-electron chi connectivity index (χ4n) is 4.34. The number of anilines is 1. The van der Waals surface area contributed by atoms with Crippen molar-refractivity contribution in [2.45, 2.75) is 46.0 Å². The number of fused-ring (bicyclic) bond motifs is 1. The Balaban J connectivity index is 0.00000210. The van der Waals surface area contributed by atoms with Crippen molar-refractivity contribution in [1.82, 2.24) is 15.5 Å². The highest BCUT2D eigenvalue weighted by atomic mass is 35.5. The largest absolute Gasteiger partial charge is 0.334 e. The van der Waals surface area contributed by atoms with E-state index in [-0.39, 0.29) is 23.7 Å². The van der Waals surface area contributed by atoms with Gasteiger partial charge in [0.2, 0.25) is 5.91 Å². The lowest BCUT2D eigenvalue weighted by Crippen LogP contribution is -2.44. The second kappa shape index (κ2) is 7.98. The van der Waals surface area contributed by atoms with Crippen molar-refractivity contribution in [2.24, 2.45) is 11.3 Å². The SMILES string of the molecule is CCc1noc(-c2ccc(C)c(NC(=O)[C@@]34CCCC[C@H]3CNC4)c2)n1.Cl. The van der Waals surface area contributed by atoms with Crippen LogP contribution in [0.1, 0.15) is 44.0 Å². The molecule has 1 aliphatic carbocycles. The zero-order valence-electron chi connectivity index (χ0n) is 15.9. The number of aryl methyl sites for hydroxylation is 2. The van der Waals surface area contributed by atoms with Crippen LogP contribution in [0.2, 0.25) is 0 Å². The lowest BCUT2D eigenvalue weighted by atomic mass is 9.67. The van der Waals surface area contributed by atoms with Crippen LogP contribution in [-0.2, 0) is 11.2 Å². The van der Waals surface area contributed by atoms with Crippen LogP contribution in [0, 0.1) is 18.3 Å². The van der Waals surface area contributed by atoms with E-state index < -0.39 is 0 Å². The number of rotatable bonds is 4. The summed E-state index contributed by atoms with van der Waals surface area (Å²) in [5.74, 6) is 1.77. The molecule has 6 nitrogen and oxygen atoms in total. The Hall–Kier alpha value is -1.92. The summed E-state index contributed by atoms with van der Waals surface area (Å²) in [5.41, 5.74) is 2.43. The second-order valence-corrected chi connectivity index (χ2v) is 7.58. The summed E-state index contributed by atoms with van der Waals surface area (Å²) in [6.07, 6.45) is 5.20. The summed E-state index contributed by atoms with van der Waals surface area (Å²) in [6.45, 7) is 5.73. The topological polar surface area (TPSA) is 80.0 Å². The average Bonchev–Trinajstić information content (AvgIpc) is 3.30. The molecule has 7 heteroatoms. The highest BCUT2D eigenvalue weighted by molar-refractivity contribution is 5.97. The summed E-state index contributed by atoms with van der Waals surface area (Å²) in [4.78, 5) is 17.6. The first kappa shape index (κ1) is 19.8. The lowest BCUT2D eigenvalue weighted by Gasteiger charge is -2.37. The standard InChI is InChI=1S/C20H26N4O2.ClH/c1-3-17-23-18(26-24-17)14-8-7-13(2)16(10-14)22-19(25)20-9-5-4-6-15(20)11-21-12-20;/h7-8,10,15,21H,3-6,9,11-12H2,1-2H3,(H,22,25);1H/t15-,20+;/m0./s1. The van der Waals surface area contributed by atoms with Crippen LogP contribution in [-0.4, -0.2) is 29.1 Å². The molecule has 1 amide bonds. The van der Waals surface area contributed by atoms with E-state index >= 15 is 0 Å². The number of benzene rings is 1. The lowest BCUT2D eigenvalue weighted by molar-refractivity contribution is -0.128. The van der Waals surface area contributed by atoms with Crippen molar-refractivity contribution >= 4 is 24.0 Å². The average molecular weight is 391 g/mol. The molecule has 1 aromatic heterocycles. The monoisotopic (exact) mass is 390 g/mol. The van der Waals surface area contributed by atoms with Gasteiger partial charge in [-0.15, -0.1) is 12.4 Å². The Bertz CT molecular complexity index is 822. The number of carbonyl (C=O) groups excluding carboxylic acids is 1. The predicted molar refractivity (Wildman–Crippen MR) is 107 cm³/mol. The highest BCUT2D eigenvalue weighted by Gasteiger charge is 2.49. The van der Waals surface area contributed by atoms with E-state index in [9.17, 15) is 4.79 Å². The molecule has 1 saturated heterocycles. The number of nitrogens with one attached hydrogen (secondary N) is 2. The molecule has 27 heavy (non-hydrogen) atoms. The molecule has 146 valence electrons. The molecular formula is C20H27ClN4O2. The molecule has 2 fully saturated rings. The van der Waals surface area contributed by atoms with E-state index in [1.165, 1.54) is 6.42 Å². The molecule has 1 aliphatic heterocycles. The predicted octanol–water partition coefficient (Wildman–Crippen LogP) is 3.75. The van der Waals surface area contributed by atoms with E-state index in [1.807, 2.05) is 32.0 Å². The Kier molecular flexibility index (Phi) is 5.86. The minimum Gasteiger partial charge on any atom is -0.334 e. The number of hydrogen-bond donors (Lipinski definition) is 2. The van der Waals surface area contributed by atoms with Crippen molar-refractivity contribution in [3.05, 3.63) is 29.6 Å². The number of amides is 1. The van der Waals surface area contributed by atoms with Gasteiger partial charge in [0.1, 0.15) is 0 Å². The minimum absolute atomic E-state index is 0. The third-order valence-corrected chi connectivity index (χ3v) is 6.01. The molecule has 4 rings (SSSR count).